The molecule has 3 amide bonds. The van der Waals surface area contributed by atoms with Gasteiger partial charge in [0.15, 0.2) is 0 Å². The van der Waals surface area contributed by atoms with E-state index in [1.165, 1.54) is 17.0 Å². The molecule has 1 saturated carbocycles. The number of amides is 3. The lowest BCUT2D eigenvalue weighted by atomic mass is 9.96. The third kappa shape index (κ3) is 6.61. The SMILES string of the molecule is CN1C(=O)C(NC(=O)C2(NC(=O)COCc3ccccc3)CCCC2)N=C(c2ccc(C(F)(F)F)cc2)c2ccccc21. The summed E-state index contributed by atoms with van der Waals surface area (Å²) in [6, 6.07) is 20.7. The fraction of sp³-hybridized carbons (Fsp3) is 0.312. The standard InChI is InChI=1S/C32H31F3N4O4/c1-39-25-12-6-5-11-24(25)27(22-13-15-23(16-14-22)32(33,34)35)36-28(29(39)41)37-30(42)31(17-7-8-18-31)38-26(40)20-43-19-21-9-3-2-4-10-21/h2-6,9-16,28H,7-8,17-20H2,1H3,(H,37,42)(H,38,40). The molecule has 0 spiro atoms. The van der Waals surface area contributed by atoms with Crippen molar-refractivity contribution in [1.82, 2.24) is 10.6 Å². The highest BCUT2D eigenvalue weighted by Gasteiger charge is 2.44. The van der Waals surface area contributed by atoms with Crippen LogP contribution in [0.3, 0.4) is 0 Å². The van der Waals surface area contributed by atoms with Gasteiger partial charge < -0.3 is 20.3 Å². The van der Waals surface area contributed by atoms with E-state index in [-0.39, 0.29) is 18.9 Å². The number of hydrogen-bond acceptors (Lipinski definition) is 5. The number of fused-ring (bicyclic) bond motifs is 1. The molecule has 0 saturated heterocycles. The van der Waals surface area contributed by atoms with Gasteiger partial charge in [-0.2, -0.15) is 13.2 Å². The molecule has 1 fully saturated rings. The van der Waals surface area contributed by atoms with E-state index in [0.717, 1.165) is 17.7 Å². The van der Waals surface area contributed by atoms with Gasteiger partial charge in [0.25, 0.3) is 5.91 Å². The van der Waals surface area contributed by atoms with Gasteiger partial charge in [-0.15, -0.1) is 0 Å². The minimum absolute atomic E-state index is 0.234. The fourth-order valence-electron chi connectivity index (χ4n) is 5.45. The van der Waals surface area contributed by atoms with Crippen molar-refractivity contribution in [1.29, 1.82) is 0 Å². The van der Waals surface area contributed by atoms with Crippen LogP contribution in [0.15, 0.2) is 83.9 Å². The number of nitrogens with zero attached hydrogens (tertiary/aromatic N) is 2. The van der Waals surface area contributed by atoms with E-state index in [1.807, 2.05) is 30.3 Å². The molecule has 2 aliphatic rings. The van der Waals surface area contributed by atoms with Gasteiger partial charge >= 0.3 is 6.18 Å². The Morgan fingerprint density at radius 3 is 2.30 bits per heavy atom. The molecular formula is C32H31F3N4O4. The number of likely N-dealkylation sites (N-methyl/N-ethyl adjacent to an activating group) is 1. The van der Waals surface area contributed by atoms with Crippen LogP contribution in [0.1, 0.15) is 47.9 Å². The zero-order valence-corrected chi connectivity index (χ0v) is 23.5. The predicted molar refractivity (Wildman–Crippen MR) is 154 cm³/mol. The molecule has 5 rings (SSSR count). The van der Waals surface area contributed by atoms with Crippen molar-refractivity contribution in [3.63, 3.8) is 0 Å². The largest absolute Gasteiger partial charge is 0.416 e. The minimum Gasteiger partial charge on any atom is -0.367 e. The third-order valence-electron chi connectivity index (χ3n) is 7.71. The van der Waals surface area contributed by atoms with Gasteiger partial charge in [-0.3, -0.25) is 14.4 Å². The molecule has 2 N–H and O–H groups in total. The van der Waals surface area contributed by atoms with Gasteiger partial charge in [0.1, 0.15) is 12.1 Å². The normalized spacial score (nSPS) is 18.0. The average molecular weight is 593 g/mol. The molecule has 1 heterocycles. The first kappa shape index (κ1) is 30.0. The summed E-state index contributed by atoms with van der Waals surface area (Å²) in [5.74, 6) is -1.55. The molecule has 0 aromatic heterocycles. The number of ether oxygens (including phenoxy) is 1. The maximum Gasteiger partial charge on any atom is 0.416 e. The van der Waals surface area contributed by atoms with Crippen LogP contribution in [-0.2, 0) is 31.9 Å². The maximum atomic E-state index is 13.8. The maximum absolute atomic E-state index is 13.8. The lowest BCUT2D eigenvalue weighted by Gasteiger charge is -2.30. The van der Waals surface area contributed by atoms with Crippen LogP contribution < -0.4 is 15.5 Å². The number of benzene rings is 3. The van der Waals surface area contributed by atoms with Crippen LogP contribution in [0.4, 0.5) is 18.9 Å². The molecule has 43 heavy (non-hydrogen) atoms. The topological polar surface area (TPSA) is 100 Å². The summed E-state index contributed by atoms with van der Waals surface area (Å²) in [5.41, 5.74) is 0.450. The summed E-state index contributed by atoms with van der Waals surface area (Å²) in [7, 11) is 1.54. The number of carbonyl (C=O) groups excluding carboxylic acids is 3. The second-order valence-corrected chi connectivity index (χ2v) is 10.7. The molecule has 1 aliphatic carbocycles. The van der Waals surface area contributed by atoms with Crippen molar-refractivity contribution in [2.75, 3.05) is 18.6 Å². The van der Waals surface area contributed by atoms with Crippen LogP contribution >= 0.6 is 0 Å². The quantitative estimate of drug-likeness (QED) is 0.399. The summed E-state index contributed by atoms with van der Waals surface area (Å²) in [4.78, 5) is 46.1. The Hall–Kier alpha value is -4.51. The number of carbonyl (C=O) groups is 3. The highest BCUT2D eigenvalue weighted by Crippen LogP contribution is 2.33. The first-order valence-corrected chi connectivity index (χ1v) is 13.9. The fourth-order valence-corrected chi connectivity index (χ4v) is 5.45. The van der Waals surface area contributed by atoms with Crippen LogP contribution in [-0.4, -0.2) is 48.8 Å². The van der Waals surface area contributed by atoms with Gasteiger partial charge in [-0.1, -0.05) is 73.5 Å². The Kier molecular flexibility index (Phi) is 8.63. The summed E-state index contributed by atoms with van der Waals surface area (Å²) in [6.45, 7) is -0.0150. The Labute approximate surface area is 246 Å². The number of benzodiazepines with no additional fused rings is 1. The van der Waals surface area contributed by atoms with Crippen molar-refractivity contribution in [3.8, 4) is 0 Å². The number of para-hydroxylation sites is 1. The highest BCUT2D eigenvalue weighted by atomic mass is 19.4. The van der Waals surface area contributed by atoms with E-state index in [4.69, 9.17) is 4.74 Å². The van der Waals surface area contributed by atoms with Crippen molar-refractivity contribution >= 4 is 29.1 Å². The molecule has 1 atom stereocenters. The van der Waals surface area contributed by atoms with Crippen LogP contribution in [0, 0.1) is 0 Å². The molecule has 0 bridgehead atoms. The first-order chi connectivity index (χ1) is 20.6. The van der Waals surface area contributed by atoms with Gasteiger partial charge in [-0.25, -0.2) is 4.99 Å². The Morgan fingerprint density at radius 1 is 0.977 bits per heavy atom. The lowest BCUT2D eigenvalue weighted by Crippen LogP contribution is -2.61. The zero-order valence-electron chi connectivity index (χ0n) is 23.5. The summed E-state index contributed by atoms with van der Waals surface area (Å²) < 4.78 is 45.2. The zero-order chi connectivity index (χ0) is 30.6. The van der Waals surface area contributed by atoms with Crippen molar-refractivity contribution in [3.05, 3.63) is 101 Å². The smallest absolute Gasteiger partial charge is 0.367 e. The second kappa shape index (κ2) is 12.4. The van der Waals surface area contributed by atoms with Crippen LogP contribution in [0.25, 0.3) is 0 Å². The Morgan fingerprint density at radius 2 is 1.63 bits per heavy atom. The molecule has 1 aliphatic heterocycles. The number of aliphatic imine (C=N–C) groups is 1. The molecule has 0 radical (unpaired) electrons. The molecule has 1 unspecified atom stereocenters. The van der Waals surface area contributed by atoms with Crippen LogP contribution in [0.2, 0.25) is 0 Å². The molecule has 11 heteroatoms. The van der Waals surface area contributed by atoms with Crippen molar-refractivity contribution < 1.29 is 32.3 Å². The average Bonchev–Trinajstić information content (AvgIpc) is 3.44. The number of alkyl halides is 3. The molecule has 3 aromatic rings. The van der Waals surface area contributed by atoms with E-state index in [0.29, 0.717) is 42.5 Å². The van der Waals surface area contributed by atoms with E-state index < -0.39 is 41.2 Å². The Bertz CT molecular complexity index is 1520. The summed E-state index contributed by atoms with van der Waals surface area (Å²) in [6.07, 6.45) is -3.76. The first-order valence-electron chi connectivity index (χ1n) is 13.9. The van der Waals surface area contributed by atoms with E-state index in [2.05, 4.69) is 15.6 Å². The van der Waals surface area contributed by atoms with Crippen LogP contribution in [0.5, 0.6) is 0 Å². The van der Waals surface area contributed by atoms with Gasteiger partial charge in [0.05, 0.1) is 23.6 Å². The minimum atomic E-state index is -4.51. The summed E-state index contributed by atoms with van der Waals surface area (Å²) >= 11 is 0. The predicted octanol–water partition coefficient (Wildman–Crippen LogP) is 4.61. The van der Waals surface area contributed by atoms with Crippen molar-refractivity contribution in [2.45, 2.75) is 50.2 Å². The summed E-state index contributed by atoms with van der Waals surface area (Å²) in [5, 5.41) is 5.56. The highest BCUT2D eigenvalue weighted by molar-refractivity contribution is 6.20. The molecular weight excluding hydrogens is 561 g/mol. The van der Waals surface area contributed by atoms with E-state index in [9.17, 15) is 27.6 Å². The second-order valence-electron chi connectivity index (χ2n) is 10.7. The third-order valence-corrected chi connectivity index (χ3v) is 7.71. The Balaban J connectivity index is 1.38. The van der Waals surface area contributed by atoms with Gasteiger partial charge in [-0.05, 0) is 36.6 Å². The van der Waals surface area contributed by atoms with Gasteiger partial charge in [0.2, 0.25) is 18.0 Å². The van der Waals surface area contributed by atoms with E-state index in [1.54, 1.807) is 31.3 Å². The monoisotopic (exact) mass is 592 g/mol. The molecule has 224 valence electrons. The number of nitrogens with one attached hydrogen (secondary N) is 2. The lowest BCUT2D eigenvalue weighted by molar-refractivity contribution is -0.137. The number of halogens is 3. The number of rotatable bonds is 8. The van der Waals surface area contributed by atoms with Gasteiger partial charge in [0, 0.05) is 18.2 Å². The number of hydrogen-bond donors (Lipinski definition) is 2. The van der Waals surface area contributed by atoms with Crippen molar-refractivity contribution in [2.24, 2.45) is 4.99 Å². The molecule has 3 aromatic carbocycles. The number of anilines is 1. The molecule has 8 nitrogen and oxygen atoms in total. The van der Waals surface area contributed by atoms with E-state index >= 15 is 0 Å².